The van der Waals surface area contributed by atoms with E-state index in [9.17, 15) is 18.0 Å². The van der Waals surface area contributed by atoms with E-state index in [1.54, 1.807) is 17.0 Å². The second kappa shape index (κ2) is 7.96. The van der Waals surface area contributed by atoms with Crippen LogP contribution in [0.4, 0.5) is 19.0 Å². The van der Waals surface area contributed by atoms with Crippen LogP contribution in [0, 0.1) is 0 Å². The monoisotopic (exact) mass is 425 g/mol. The van der Waals surface area contributed by atoms with Crippen LogP contribution in [0.25, 0.3) is 0 Å². The van der Waals surface area contributed by atoms with Crippen LogP contribution in [0.2, 0.25) is 0 Å². The van der Waals surface area contributed by atoms with E-state index in [4.69, 9.17) is 4.52 Å². The highest BCUT2D eigenvalue weighted by Gasteiger charge is 2.46. The zero-order valence-electron chi connectivity index (χ0n) is 17.1. The van der Waals surface area contributed by atoms with E-state index in [2.05, 4.69) is 15.6 Å². The fourth-order valence-electron chi connectivity index (χ4n) is 4.31. The van der Waals surface area contributed by atoms with Crippen molar-refractivity contribution in [3.63, 3.8) is 0 Å². The molecule has 0 aliphatic carbocycles. The third-order valence-electron chi connectivity index (χ3n) is 6.01. The summed E-state index contributed by atoms with van der Waals surface area (Å²) in [5.41, 5.74) is 0.704. The number of amides is 1. The van der Waals surface area contributed by atoms with Gasteiger partial charge in [0.05, 0.1) is 11.7 Å². The maximum Gasteiger partial charge on any atom is 0.410 e. The van der Waals surface area contributed by atoms with Crippen LogP contribution in [-0.2, 0) is 6.42 Å². The number of anilines is 1. The van der Waals surface area contributed by atoms with Crippen molar-refractivity contribution in [2.24, 2.45) is 0 Å². The maximum absolute atomic E-state index is 13.7. The number of hydrogen-bond acceptors (Lipinski definition) is 5. The molecule has 7 nitrogen and oxygen atoms in total. The summed E-state index contributed by atoms with van der Waals surface area (Å²) in [4.78, 5) is 14.7. The molecule has 4 rings (SSSR count). The van der Waals surface area contributed by atoms with Gasteiger partial charge in [0.15, 0.2) is 11.7 Å². The number of aromatic nitrogens is 3. The van der Waals surface area contributed by atoms with E-state index >= 15 is 0 Å². The number of piperidine rings is 1. The standard InChI is InChI=1S/C20H26F3N5O2/c1-3-12-9-17(20(21,22)23)28-18(24-12)11-14(25-28)16-7-5-6-8-27(16)19(29)15-10-13(4-2)30-26-15/h10-12,16-17,24H,3-9H2,1-2H3/t12-,16-,17-/m1/s1. The Hall–Kier alpha value is -2.52. The number of aryl methyl sites for hydroxylation is 1. The van der Waals surface area contributed by atoms with Crippen molar-refractivity contribution in [1.29, 1.82) is 0 Å². The lowest BCUT2D eigenvalue weighted by atomic mass is 9.98. The summed E-state index contributed by atoms with van der Waals surface area (Å²) >= 11 is 0. The zero-order valence-corrected chi connectivity index (χ0v) is 17.1. The average molecular weight is 425 g/mol. The second-order valence-electron chi connectivity index (χ2n) is 7.98. The van der Waals surface area contributed by atoms with E-state index in [0.29, 0.717) is 43.1 Å². The molecular weight excluding hydrogens is 399 g/mol. The number of nitrogens with one attached hydrogen (secondary N) is 1. The number of hydrogen-bond donors (Lipinski definition) is 1. The van der Waals surface area contributed by atoms with E-state index in [1.165, 1.54) is 0 Å². The van der Waals surface area contributed by atoms with Gasteiger partial charge in [0.25, 0.3) is 5.91 Å². The molecule has 1 fully saturated rings. The quantitative estimate of drug-likeness (QED) is 0.781. The van der Waals surface area contributed by atoms with E-state index in [-0.39, 0.29) is 30.1 Å². The van der Waals surface area contributed by atoms with Gasteiger partial charge in [0.2, 0.25) is 0 Å². The number of likely N-dealkylation sites (tertiary alicyclic amines) is 1. The predicted octanol–water partition coefficient (Wildman–Crippen LogP) is 4.50. The van der Waals surface area contributed by atoms with E-state index in [1.807, 2.05) is 13.8 Å². The third kappa shape index (κ3) is 3.79. The molecule has 30 heavy (non-hydrogen) atoms. The fraction of sp³-hybridized carbons (Fsp3) is 0.650. The summed E-state index contributed by atoms with van der Waals surface area (Å²) in [6.45, 7) is 4.28. The Morgan fingerprint density at radius 2 is 2.10 bits per heavy atom. The van der Waals surface area contributed by atoms with Crippen molar-refractivity contribution in [3.8, 4) is 0 Å². The molecule has 2 aliphatic rings. The number of carbonyl (C=O) groups is 1. The highest BCUT2D eigenvalue weighted by molar-refractivity contribution is 5.92. The first kappa shape index (κ1) is 20.7. The Balaban J connectivity index is 1.65. The topological polar surface area (TPSA) is 76.2 Å². The molecule has 10 heteroatoms. The van der Waals surface area contributed by atoms with Gasteiger partial charge >= 0.3 is 6.18 Å². The molecule has 0 saturated carbocycles. The molecule has 0 bridgehead atoms. The van der Waals surface area contributed by atoms with Gasteiger partial charge in [-0.3, -0.25) is 4.79 Å². The smallest absolute Gasteiger partial charge is 0.367 e. The van der Waals surface area contributed by atoms with Crippen molar-refractivity contribution < 1.29 is 22.5 Å². The van der Waals surface area contributed by atoms with Crippen LogP contribution in [0.15, 0.2) is 16.7 Å². The van der Waals surface area contributed by atoms with Gasteiger partial charge in [-0.1, -0.05) is 19.0 Å². The van der Waals surface area contributed by atoms with Gasteiger partial charge in [-0.25, -0.2) is 4.68 Å². The lowest BCUT2D eigenvalue weighted by Crippen LogP contribution is -2.40. The Morgan fingerprint density at radius 3 is 2.77 bits per heavy atom. The highest BCUT2D eigenvalue weighted by atomic mass is 19.4. The lowest BCUT2D eigenvalue weighted by Gasteiger charge is -2.34. The van der Waals surface area contributed by atoms with Gasteiger partial charge < -0.3 is 14.7 Å². The molecule has 3 atom stereocenters. The van der Waals surface area contributed by atoms with Crippen molar-refractivity contribution in [2.75, 3.05) is 11.9 Å². The first-order valence-corrected chi connectivity index (χ1v) is 10.5. The fourth-order valence-corrected chi connectivity index (χ4v) is 4.31. The molecule has 0 spiro atoms. The van der Waals surface area contributed by atoms with Crippen LogP contribution in [0.5, 0.6) is 0 Å². The van der Waals surface area contributed by atoms with Gasteiger partial charge in [-0.15, -0.1) is 0 Å². The third-order valence-corrected chi connectivity index (χ3v) is 6.01. The van der Waals surface area contributed by atoms with Crippen LogP contribution in [0.3, 0.4) is 0 Å². The molecule has 2 aromatic rings. The first-order chi connectivity index (χ1) is 14.3. The average Bonchev–Trinajstić information content (AvgIpc) is 3.38. The second-order valence-corrected chi connectivity index (χ2v) is 7.98. The maximum atomic E-state index is 13.7. The van der Waals surface area contributed by atoms with Crippen molar-refractivity contribution in [3.05, 3.63) is 29.3 Å². The van der Waals surface area contributed by atoms with Gasteiger partial charge in [-0.2, -0.15) is 18.3 Å². The minimum Gasteiger partial charge on any atom is -0.367 e. The van der Waals surface area contributed by atoms with E-state index in [0.717, 1.165) is 17.5 Å². The minimum absolute atomic E-state index is 0.0554. The molecule has 0 aromatic carbocycles. The van der Waals surface area contributed by atoms with Crippen molar-refractivity contribution >= 4 is 11.7 Å². The summed E-state index contributed by atoms with van der Waals surface area (Å²) in [6.07, 6.45) is -0.867. The van der Waals surface area contributed by atoms with Crippen molar-refractivity contribution in [2.45, 2.75) is 76.7 Å². The normalized spacial score (nSPS) is 24.4. The molecule has 2 aromatic heterocycles. The highest BCUT2D eigenvalue weighted by Crippen LogP contribution is 2.42. The van der Waals surface area contributed by atoms with Gasteiger partial charge in [0.1, 0.15) is 11.6 Å². The van der Waals surface area contributed by atoms with Gasteiger partial charge in [-0.05, 0) is 32.1 Å². The molecule has 0 unspecified atom stereocenters. The molecule has 164 valence electrons. The molecule has 1 amide bonds. The van der Waals surface area contributed by atoms with Crippen LogP contribution < -0.4 is 5.32 Å². The summed E-state index contributed by atoms with van der Waals surface area (Å²) in [6, 6.07) is 0.973. The molecular formula is C20H26F3N5O2. The molecule has 2 aliphatic heterocycles. The number of halogens is 3. The van der Waals surface area contributed by atoms with E-state index < -0.39 is 12.2 Å². The largest absolute Gasteiger partial charge is 0.410 e. The molecule has 0 radical (unpaired) electrons. The molecule has 1 saturated heterocycles. The lowest BCUT2D eigenvalue weighted by molar-refractivity contribution is -0.173. The number of rotatable bonds is 4. The Morgan fingerprint density at radius 1 is 1.30 bits per heavy atom. The first-order valence-electron chi connectivity index (χ1n) is 10.5. The summed E-state index contributed by atoms with van der Waals surface area (Å²) in [5.74, 6) is 0.700. The van der Waals surface area contributed by atoms with Gasteiger partial charge in [0, 0.05) is 31.1 Å². The number of nitrogens with zero attached hydrogens (tertiary/aromatic N) is 4. The Labute approximate surface area is 172 Å². The summed E-state index contributed by atoms with van der Waals surface area (Å²) < 4.78 is 47.2. The van der Waals surface area contributed by atoms with Crippen molar-refractivity contribution in [1.82, 2.24) is 19.8 Å². The zero-order chi connectivity index (χ0) is 21.5. The number of alkyl halides is 3. The van der Waals surface area contributed by atoms with Crippen LogP contribution in [0.1, 0.15) is 80.0 Å². The summed E-state index contributed by atoms with van der Waals surface area (Å²) in [5, 5.41) is 11.4. The van der Waals surface area contributed by atoms with Crippen LogP contribution in [-0.4, -0.2) is 44.5 Å². The molecule has 4 heterocycles. The SMILES string of the molecule is CCc1cc(C(=O)N2CCCC[C@@H]2c2cc3n(n2)[C@@H](C(F)(F)F)C[C@@H](CC)N3)no1. The summed E-state index contributed by atoms with van der Waals surface area (Å²) in [7, 11) is 0. The Bertz CT molecular complexity index is 907. The minimum atomic E-state index is -4.38. The Kier molecular flexibility index (Phi) is 5.50. The number of fused-ring (bicyclic) bond motifs is 1. The van der Waals surface area contributed by atoms with Crippen LogP contribution >= 0.6 is 0 Å². The predicted molar refractivity (Wildman–Crippen MR) is 103 cm³/mol. The molecule has 1 N–H and O–H groups in total. The number of carbonyl (C=O) groups excluding carboxylic acids is 1.